The van der Waals surface area contributed by atoms with Gasteiger partial charge in [0.25, 0.3) is 0 Å². The Morgan fingerprint density at radius 3 is 1.81 bits per heavy atom. The van der Waals surface area contributed by atoms with E-state index in [0.717, 1.165) is 23.0 Å². The van der Waals surface area contributed by atoms with Crippen molar-refractivity contribution in [3.05, 3.63) is 59.7 Å². The molecule has 0 saturated carbocycles. The lowest BCUT2D eigenvalue weighted by atomic mass is 9.91. The summed E-state index contributed by atoms with van der Waals surface area (Å²) >= 11 is 0. The lowest BCUT2D eigenvalue weighted by molar-refractivity contribution is -0.139. The first kappa shape index (κ1) is 48.9. The van der Waals surface area contributed by atoms with Crippen LogP contribution in [0.4, 0.5) is 42.8 Å². The van der Waals surface area contributed by atoms with Crippen molar-refractivity contribution < 1.29 is 45.3 Å². The van der Waals surface area contributed by atoms with Crippen LogP contribution in [0.5, 0.6) is 0 Å². The Balaban J connectivity index is 0.000000219. The van der Waals surface area contributed by atoms with Crippen LogP contribution < -0.4 is 16.0 Å². The summed E-state index contributed by atoms with van der Waals surface area (Å²) in [5.41, 5.74) is 6.25. The van der Waals surface area contributed by atoms with Crippen LogP contribution in [0.25, 0.3) is 33.5 Å². The van der Waals surface area contributed by atoms with E-state index in [0.29, 0.717) is 67.9 Å². The van der Waals surface area contributed by atoms with Crippen LogP contribution in [0.1, 0.15) is 94.7 Å². The molecule has 2 atom stereocenters. The van der Waals surface area contributed by atoms with E-state index in [4.69, 9.17) is 19.9 Å². The summed E-state index contributed by atoms with van der Waals surface area (Å²) in [5, 5.41) is 19.9. The van der Waals surface area contributed by atoms with Crippen molar-refractivity contribution in [2.45, 2.75) is 90.1 Å². The van der Waals surface area contributed by atoms with Gasteiger partial charge in [0.1, 0.15) is 41.8 Å². The molecule has 2 saturated heterocycles. The Labute approximate surface area is 382 Å². The molecular formula is C43H56F6N14O4. The highest BCUT2D eigenvalue weighted by atomic mass is 19.4. The summed E-state index contributed by atoms with van der Waals surface area (Å²) in [5.74, 6) is -1.71. The number of carbonyl (C=O) groups is 1. The number of nitrogens with two attached hydrogens (primary N) is 1. The van der Waals surface area contributed by atoms with Gasteiger partial charge in [-0.1, -0.05) is 0 Å². The van der Waals surface area contributed by atoms with Gasteiger partial charge in [0.05, 0.1) is 36.2 Å². The number of aromatic nitrogens is 10. The fraction of sp³-hybridized carbons (Fsp3) is 0.558. The molecule has 18 nitrogen and oxygen atoms in total. The smallest absolute Gasteiger partial charge is 0.421 e. The molecule has 6 aromatic heterocycles. The number of amides is 1. The van der Waals surface area contributed by atoms with E-state index >= 15 is 13.2 Å². The molecule has 0 aliphatic carbocycles. The van der Waals surface area contributed by atoms with Crippen LogP contribution in [-0.2, 0) is 40.7 Å². The summed E-state index contributed by atoms with van der Waals surface area (Å²) in [4.78, 5) is 24.8. The monoisotopic (exact) mass is 946 g/mol. The summed E-state index contributed by atoms with van der Waals surface area (Å²) in [7, 11) is 3.51. The van der Waals surface area contributed by atoms with Crippen LogP contribution in [0.2, 0.25) is 0 Å². The molecule has 364 valence electrons. The highest BCUT2D eigenvalue weighted by Crippen LogP contribution is 2.45. The van der Waals surface area contributed by atoms with E-state index in [9.17, 15) is 18.0 Å². The highest BCUT2D eigenvalue weighted by Gasteiger charge is 2.45. The number of alkyl halides is 6. The van der Waals surface area contributed by atoms with Gasteiger partial charge in [-0.25, -0.2) is 14.8 Å². The number of rotatable bonds is 11. The Morgan fingerprint density at radius 2 is 1.31 bits per heavy atom. The van der Waals surface area contributed by atoms with E-state index in [2.05, 4.69) is 35.7 Å². The number of carbonyl (C=O) groups excluding carboxylic acids is 1. The molecule has 2 aliphatic heterocycles. The Kier molecular flexibility index (Phi) is 14.4. The predicted octanol–water partition coefficient (Wildman–Crippen LogP) is 7.26. The minimum absolute atomic E-state index is 0.0136. The van der Waals surface area contributed by atoms with Gasteiger partial charge in [-0.15, -0.1) is 0 Å². The minimum Gasteiger partial charge on any atom is -0.444 e. The number of nitrogen functional groups attached to an aromatic ring is 1. The molecule has 1 amide bonds. The van der Waals surface area contributed by atoms with Gasteiger partial charge in [0.2, 0.25) is 0 Å². The zero-order valence-electron chi connectivity index (χ0n) is 38.4. The molecule has 0 spiro atoms. The average molecular weight is 947 g/mol. The molecule has 2 fully saturated rings. The number of ether oxygens (including phenoxy) is 3. The first-order valence-corrected chi connectivity index (χ1v) is 22.0. The van der Waals surface area contributed by atoms with Crippen molar-refractivity contribution in [2.75, 3.05) is 63.5 Å². The van der Waals surface area contributed by atoms with E-state index in [1.807, 2.05) is 0 Å². The van der Waals surface area contributed by atoms with E-state index in [1.165, 1.54) is 26.7 Å². The molecule has 6 aromatic rings. The molecule has 2 unspecified atom stereocenters. The second-order valence-corrected chi connectivity index (χ2v) is 17.4. The number of nitrogens with one attached hydrogen (secondary N) is 1. The van der Waals surface area contributed by atoms with Gasteiger partial charge < -0.3 is 35.1 Å². The molecule has 67 heavy (non-hydrogen) atoms. The third-order valence-electron chi connectivity index (χ3n) is 11.3. The Bertz CT molecular complexity index is 2650. The van der Waals surface area contributed by atoms with Crippen molar-refractivity contribution in [1.82, 2.24) is 59.0 Å². The van der Waals surface area contributed by atoms with Gasteiger partial charge >= 0.3 is 18.4 Å². The number of hydrogen-bond acceptors (Lipinski definition) is 13. The summed E-state index contributed by atoms with van der Waals surface area (Å²) in [6.07, 6.45) is 2.08. The molecule has 2 aliphatic rings. The average Bonchev–Trinajstić information content (AvgIpc) is 4.09. The molecule has 24 heteroatoms. The minimum atomic E-state index is -4.79. The molecule has 0 aromatic carbocycles. The SMILES string of the molecule is CCOCN(COCC)c1c(C(F)(F)F)c(C2CCCN(C(=O)OC(C)(C)C)C2)nc2c(-c3cnn(C)c3)cnn12.Cn1cc(-c2cnn3c(N)c(C(F)(F)F)c(C4CCCNC4)nc23)cn1. The molecule has 8 heterocycles. The number of likely N-dealkylation sites (tertiary alicyclic amines) is 1. The second-order valence-electron chi connectivity index (χ2n) is 17.4. The zero-order chi connectivity index (χ0) is 48.4. The lowest BCUT2D eigenvalue weighted by Gasteiger charge is -2.35. The topological polar surface area (TPSA) is 185 Å². The van der Waals surface area contributed by atoms with Gasteiger partial charge in [0, 0.05) is 93.4 Å². The standard InChI is InChI=1S/C27H38F3N7O4.C16H18F3N7/c1-7-39-16-36(17-40-8-2)24-21(27(28,29)30)22(18-10-9-11-35(15-18)25(38)41-26(3,4)5)33-23-20(13-32-37(23)24)19-12-31-34(6)14-19;1-25-8-10(6-22-25)11-7-23-26-14(20)12(16(17,18)19)13(24-15(11)26)9-3-2-4-21-5-9/h12-14,18H,7-11,15-17H2,1-6H3;6-9,21H,2-5,20H2,1H3. The first-order chi connectivity index (χ1) is 31.7. The quantitative estimate of drug-likeness (QED) is 0.0979. The molecule has 0 bridgehead atoms. The number of aryl methyl sites for hydroxylation is 2. The van der Waals surface area contributed by atoms with Gasteiger partial charge in [-0.3, -0.25) is 9.36 Å². The largest absolute Gasteiger partial charge is 0.444 e. The van der Waals surface area contributed by atoms with Crippen molar-refractivity contribution in [1.29, 1.82) is 0 Å². The Morgan fingerprint density at radius 1 is 0.776 bits per heavy atom. The number of halogens is 6. The van der Waals surface area contributed by atoms with Crippen LogP contribution in [-0.4, -0.2) is 118 Å². The second kappa shape index (κ2) is 19.7. The number of hydrogen-bond donors (Lipinski definition) is 2. The normalized spacial score (nSPS) is 17.2. The molecule has 0 radical (unpaired) electrons. The van der Waals surface area contributed by atoms with Crippen LogP contribution >= 0.6 is 0 Å². The van der Waals surface area contributed by atoms with Crippen LogP contribution in [0, 0.1) is 0 Å². The fourth-order valence-electron chi connectivity index (χ4n) is 8.34. The van der Waals surface area contributed by atoms with Crippen LogP contribution in [0.3, 0.4) is 0 Å². The van der Waals surface area contributed by atoms with Gasteiger partial charge in [-0.2, -0.15) is 55.8 Å². The highest BCUT2D eigenvalue weighted by molar-refractivity contribution is 5.79. The summed E-state index contributed by atoms with van der Waals surface area (Å²) in [6, 6.07) is 0. The van der Waals surface area contributed by atoms with Gasteiger partial charge in [0.15, 0.2) is 11.3 Å². The first-order valence-electron chi connectivity index (χ1n) is 22.0. The maximum Gasteiger partial charge on any atom is 0.421 e. The third-order valence-corrected chi connectivity index (χ3v) is 11.3. The zero-order valence-corrected chi connectivity index (χ0v) is 38.4. The van der Waals surface area contributed by atoms with Crippen molar-refractivity contribution in [2.24, 2.45) is 14.1 Å². The van der Waals surface area contributed by atoms with E-state index in [1.54, 1.807) is 82.9 Å². The predicted molar refractivity (Wildman–Crippen MR) is 235 cm³/mol. The summed E-state index contributed by atoms with van der Waals surface area (Å²) < 4.78 is 109. The molecule has 3 N–H and O–H groups in total. The number of piperidine rings is 2. The van der Waals surface area contributed by atoms with E-state index in [-0.39, 0.29) is 48.8 Å². The summed E-state index contributed by atoms with van der Waals surface area (Å²) in [6.45, 7) is 10.7. The lowest BCUT2D eigenvalue weighted by Crippen LogP contribution is -2.43. The number of anilines is 2. The number of fused-ring (bicyclic) bond motifs is 2. The molecule has 8 rings (SSSR count). The number of nitrogens with zero attached hydrogens (tertiary/aromatic N) is 12. The van der Waals surface area contributed by atoms with Crippen molar-refractivity contribution in [3.63, 3.8) is 0 Å². The maximum atomic E-state index is 15.1. The fourth-order valence-corrected chi connectivity index (χ4v) is 8.34. The van der Waals surface area contributed by atoms with Crippen molar-refractivity contribution >= 4 is 29.0 Å². The molecular weight excluding hydrogens is 891 g/mol. The van der Waals surface area contributed by atoms with Crippen molar-refractivity contribution in [3.8, 4) is 22.3 Å². The van der Waals surface area contributed by atoms with Gasteiger partial charge in [-0.05, 0) is 66.8 Å². The Hall–Kier alpha value is -6.01. The van der Waals surface area contributed by atoms with Crippen LogP contribution in [0.15, 0.2) is 37.2 Å². The van der Waals surface area contributed by atoms with E-state index < -0.39 is 46.9 Å². The third kappa shape index (κ3) is 10.7. The maximum absolute atomic E-state index is 15.1.